The average molecular weight is 280 g/mol. The van der Waals surface area contributed by atoms with Crippen molar-refractivity contribution in [3.8, 4) is 18.1 Å². The molecule has 104 valence electrons. The zero-order chi connectivity index (χ0) is 15.1. The molecule has 0 saturated heterocycles. The lowest BCUT2D eigenvalue weighted by atomic mass is 10.1. The zero-order valence-electron chi connectivity index (χ0n) is 11.3. The molecule has 0 bridgehead atoms. The molecule has 0 unspecified atom stereocenters. The highest BCUT2D eigenvalue weighted by atomic mass is 19.1. The first-order valence-electron chi connectivity index (χ1n) is 6.34. The lowest BCUT2D eigenvalue weighted by Gasteiger charge is -2.05. The van der Waals surface area contributed by atoms with Gasteiger partial charge in [0.2, 0.25) is 0 Å². The van der Waals surface area contributed by atoms with Gasteiger partial charge in [-0.05, 0) is 42.5 Å². The third-order valence-electron chi connectivity index (χ3n) is 2.77. The molecule has 0 aliphatic heterocycles. The van der Waals surface area contributed by atoms with Gasteiger partial charge in [-0.25, -0.2) is 4.39 Å². The van der Waals surface area contributed by atoms with Crippen molar-refractivity contribution in [2.45, 2.75) is 0 Å². The molecular formula is C18H13FO2. The predicted octanol–water partition coefficient (Wildman–Crippen LogP) is 3.73. The number of ether oxygens (including phenoxy) is 1. The summed E-state index contributed by atoms with van der Waals surface area (Å²) in [5.41, 5.74) is 1.18. The topological polar surface area (TPSA) is 26.3 Å². The Kier molecular flexibility index (Phi) is 4.89. The smallest absolute Gasteiger partial charge is 0.185 e. The molecule has 0 heterocycles. The van der Waals surface area contributed by atoms with Crippen LogP contribution >= 0.6 is 0 Å². The van der Waals surface area contributed by atoms with Crippen LogP contribution in [-0.4, -0.2) is 12.4 Å². The van der Waals surface area contributed by atoms with Gasteiger partial charge in [0.25, 0.3) is 0 Å². The molecule has 0 aliphatic carbocycles. The van der Waals surface area contributed by atoms with E-state index in [4.69, 9.17) is 11.2 Å². The molecule has 0 N–H and O–H groups in total. The van der Waals surface area contributed by atoms with Crippen molar-refractivity contribution in [3.05, 3.63) is 71.6 Å². The fourth-order valence-electron chi connectivity index (χ4n) is 1.74. The van der Waals surface area contributed by atoms with Crippen LogP contribution in [0.15, 0.2) is 54.6 Å². The van der Waals surface area contributed by atoms with Crippen molar-refractivity contribution in [2.75, 3.05) is 6.61 Å². The largest absolute Gasteiger partial charge is 0.480 e. The summed E-state index contributed by atoms with van der Waals surface area (Å²) in [7, 11) is 0. The molecule has 0 fully saturated rings. The number of para-hydroxylation sites is 1. The van der Waals surface area contributed by atoms with Gasteiger partial charge in [0.1, 0.15) is 18.2 Å². The van der Waals surface area contributed by atoms with Crippen LogP contribution in [0.2, 0.25) is 0 Å². The Morgan fingerprint density at radius 1 is 1.19 bits per heavy atom. The van der Waals surface area contributed by atoms with Crippen molar-refractivity contribution in [2.24, 2.45) is 0 Å². The Labute approximate surface area is 122 Å². The van der Waals surface area contributed by atoms with E-state index in [0.717, 1.165) is 5.56 Å². The minimum atomic E-state index is -0.372. The maximum Gasteiger partial charge on any atom is 0.185 e. The molecule has 21 heavy (non-hydrogen) atoms. The number of hydrogen-bond acceptors (Lipinski definition) is 2. The maximum absolute atomic E-state index is 12.8. The number of halogens is 1. The quantitative estimate of drug-likeness (QED) is 0.474. The molecule has 0 aromatic heterocycles. The van der Waals surface area contributed by atoms with E-state index in [1.807, 2.05) is 18.2 Å². The van der Waals surface area contributed by atoms with Crippen LogP contribution in [0.5, 0.6) is 5.75 Å². The molecule has 2 nitrogen and oxygen atoms in total. The van der Waals surface area contributed by atoms with Gasteiger partial charge in [0, 0.05) is 11.1 Å². The first-order valence-corrected chi connectivity index (χ1v) is 6.34. The summed E-state index contributed by atoms with van der Waals surface area (Å²) >= 11 is 0. The summed E-state index contributed by atoms with van der Waals surface area (Å²) in [5, 5.41) is 0. The molecule has 0 radical (unpaired) electrons. The molecule has 0 saturated carbocycles. The maximum atomic E-state index is 12.8. The Morgan fingerprint density at radius 3 is 2.62 bits per heavy atom. The Bertz CT molecular complexity index is 694. The van der Waals surface area contributed by atoms with E-state index < -0.39 is 0 Å². The van der Waals surface area contributed by atoms with Crippen LogP contribution in [-0.2, 0) is 0 Å². The summed E-state index contributed by atoms with van der Waals surface area (Å²) in [4.78, 5) is 12.0. The van der Waals surface area contributed by atoms with E-state index >= 15 is 0 Å². The Balaban J connectivity index is 2.15. The number of carbonyl (C=O) groups excluding carboxylic acids is 1. The number of hydrogen-bond donors (Lipinski definition) is 0. The average Bonchev–Trinajstić information content (AvgIpc) is 2.52. The second-order valence-corrected chi connectivity index (χ2v) is 4.24. The fourth-order valence-corrected chi connectivity index (χ4v) is 1.74. The van der Waals surface area contributed by atoms with Crippen LogP contribution in [0.1, 0.15) is 15.9 Å². The van der Waals surface area contributed by atoms with E-state index in [-0.39, 0.29) is 18.2 Å². The standard InChI is InChI=1S/C18H13FO2/c1-2-13-21-18-6-4-3-5-15(18)9-12-17(20)14-7-10-16(19)11-8-14/h1,3-12H,13H2. The van der Waals surface area contributed by atoms with Crippen LogP contribution < -0.4 is 4.74 Å². The third kappa shape index (κ3) is 4.05. The predicted molar refractivity (Wildman–Crippen MR) is 80.5 cm³/mol. The molecule has 2 rings (SSSR count). The second-order valence-electron chi connectivity index (χ2n) is 4.24. The van der Waals surface area contributed by atoms with Gasteiger partial charge in [-0.1, -0.05) is 24.1 Å². The van der Waals surface area contributed by atoms with Gasteiger partial charge >= 0.3 is 0 Å². The van der Waals surface area contributed by atoms with Crippen LogP contribution in [0.4, 0.5) is 4.39 Å². The van der Waals surface area contributed by atoms with Gasteiger partial charge < -0.3 is 4.74 Å². The molecular weight excluding hydrogens is 267 g/mol. The molecule has 0 spiro atoms. The highest BCUT2D eigenvalue weighted by Crippen LogP contribution is 2.19. The van der Waals surface area contributed by atoms with Crippen molar-refractivity contribution in [1.82, 2.24) is 0 Å². The third-order valence-corrected chi connectivity index (χ3v) is 2.77. The van der Waals surface area contributed by atoms with Crippen LogP contribution in [0.3, 0.4) is 0 Å². The van der Waals surface area contributed by atoms with Gasteiger partial charge in [-0.3, -0.25) is 4.79 Å². The van der Waals surface area contributed by atoms with E-state index in [0.29, 0.717) is 11.3 Å². The highest BCUT2D eigenvalue weighted by molar-refractivity contribution is 6.06. The highest BCUT2D eigenvalue weighted by Gasteiger charge is 2.03. The summed E-state index contributed by atoms with van der Waals surface area (Å²) < 4.78 is 18.2. The molecule has 0 amide bonds. The number of rotatable bonds is 5. The molecule has 2 aromatic carbocycles. The van der Waals surface area contributed by atoms with Crippen molar-refractivity contribution in [3.63, 3.8) is 0 Å². The zero-order valence-corrected chi connectivity index (χ0v) is 11.3. The normalized spacial score (nSPS) is 10.3. The van der Waals surface area contributed by atoms with Gasteiger partial charge in [-0.2, -0.15) is 0 Å². The van der Waals surface area contributed by atoms with E-state index in [9.17, 15) is 9.18 Å². The van der Waals surface area contributed by atoms with Crippen molar-refractivity contribution in [1.29, 1.82) is 0 Å². The van der Waals surface area contributed by atoms with Gasteiger partial charge in [0.05, 0.1) is 0 Å². The SMILES string of the molecule is C#CCOc1ccccc1C=CC(=O)c1ccc(F)cc1. The van der Waals surface area contributed by atoms with E-state index in [2.05, 4.69) is 5.92 Å². The number of carbonyl (C=O) groups is 1. The molecule has 0 aliphatic rings. The number of allylic oxidation sites excluding steroid dienone is 1. The number of benzene rings is 2. The van der Waals surface area contributed by atoms with E-state index in [1.54, 1.807) is 12.1 Å². The van der Waals surface area contributed by atoms with Gasteiger partial charge in [0.15, 0.2) is 5.78 Å². The first-order chi connectivity index (χ1) is 10.2. The molecule has 0 atom stereocenters. The lowest BCUT2D eigenvalue weighted by molar-refractivity contribution is 0.104. The lowest BCUT2D eigenvalue weighted by Crippen LogP contribution is -1.96. The summed E-state index contributed by atoms with van der Waals surface area (Å²) in [5.74, 6) is 2.42. The summed E-state index contributed by atoms with van der Waals surface area (Å²) in [6.07, 6.45) is 8.23. The Hall–Kier alpha value is -2.86. The minimum absolute atomic E-state index is 0.163. The fraction of sp³-hybridized carbons (Fsp3) is 0.0556. The van der Waals surface area contributed by atoms with Crippen LogP contribution in [0.25, 0.3) is 6.08 Å². The summed E-state index contributed by atoms with van der Waals surface area (Å²) in [6.45, 7) is 0.163. The van der Waals surface area contributed by atoms with Gasteiger partial charge in [-0.15, -0.1) is 6.42 Å². The van der Waals surface area contributed by atoms with Crippen LogP contribution in [0, 0.1) is 18.2 Å². The Morgan fingerprint density at radius 2 is 1.90 bits per heavy atom. The molecule has 3 heteroatoms. The summed E-state index contributed by atoms with van der Waals surface area (Å²) in [6, 6.07) is 12.7. The van der Waals surface area contributed by atoms with Crippen molar-refractivity contribution >= 4 is 11.9 Å². The number of terminal acetylenes is 1. The van der Waals surface area contributed by atoms with E-state index in [1.165, 1.54) is 30.3 Å². The minimum Gasteiger partial charge on any atom is -0.480 e. The monoisotopic (exact) mass is 280 g/mol. The molecule has 2 aromatic rings. The first kappa shape index (κ1) is 14.5. The van der Waals surface area contributed by atoms with Crippen molar-refractivity contribution < 1.29 is 13.9 Å². The second kappa shape index (κ2) is 7.06. The number of ketones is 1.